The molecule has 0 heterocycles. The Morgan fingerprint density at radius 2 is 1.82 bits per heavy atom. The highest BCUT2D eigenvalue weighted by molar-refractivity contribution is 6.39. The molecule has 0 spiro atoms. The maximum Gasteiger partial charge on any atom is 0.224 e. The molecule has 1 aromatic rings. The second-order valence-corrected chi connectivity index (χ2v) is 5.28. The first-order chi connectivity index (χ1) is 7.74. The minimum absolute atomic E-state index is 0.339. The van der Waals surface area contributed by atoms with Gasteiger partial charge in [-0.15, -0.1) is 0 Å². The van der Waals surface area contributed by atoms with Crippen LogP contribution in [0.1, 0.15) is 13.8 Å². The van der Waals surface area contributed by atoms with Gasteiger partial charge in [-0.25, -0.2) is 0 Å². The Hall–Kier alpha value is -1.13. The third-order valence-corrected chi connectivity index (χ3v) is 3.03. The quantitative estimate of drug-likeness (QED) is 0.739. The van der Waals surface area contributed by atoms with Crippen molar-refractivity contribution < 1.29 is 4.79 Å². The maximum atomic E-state index is 11.2. The summed E-state index contributed by atoms with van der Waals surface area (Å²) in [6, 6.07) is 3.18. The van der Waals surface area contributed by atoms with Crippen LogP contribution >= 0.6 is 23.2 Å². The second kappa shape index (κ2) is 5.02. The van der Waals surface area contributed by atoms with Gasteiger partial charge in [0.2, 0.25) is 5.91 Å². The first-order valence-corrected chi connectivity index (χ1v) is 5.78. The number of carbonyl (C=O) groups is 1. The van der Waals surface area contributed by atoms with Crippen molar-refractivity contribution in [3.8, 4) is 0 Å². The molecule has 0 radical (unpaired) electrons. The third-order valence-electron chi connectivity index (χ3n) is 2.44. The number of benzene rings is 1. The van der Waals surface area contributed by atoms with E-state index in [0.717, 1.165) is 0 Å². The molecule has 5 N–H and O–H groups in total. The first kappa shape index (κ1) is 13.9. The van der Waals surface area contributed by atoms with E-state index in [-0.39, 0.29) is 0 Å². The monoisotopic (exact) mass is 275 g/mol. The summed E-state index contributed by atoms with van der Waals surface area (Å²) in [5.41, 5.74) is 11.2. The van der Waals surface area contributed by atoms with Gasteiger partial charge in [-0.1, -0.05) is 23.2 Å². The molecule has 0 aliphatic carbocycles. The predicted molar refractivity (Wildman–Crippen MR) is 72.3 cm³/mol. The van der Waals surface area contributed by atoms with Crippen LogP contribution in [0.25, 0.3) is 0 Å². The maximum absolute atomic E-state index is 11.2. The molecule has 17 heavy (non-hydrogen) atoms. The number of carbonyl (C=O) groups excluding carboxylic acids is 1. The Morgan fingerprint density at radius 3 is 2.24 bits per heavy atom. The number of nitrogen functional groups attached to an aromatic ring is 1. The lowest BCUT2D eigenvalue weighted by Gasteiger charge is -2.22. The van der Waals surface area contributed by atoms with Crippen LogP contribution in [0.15, 0.2) is 12.1 Å². The molecule has 4 nitrogen and oxygen atoms in total. The zero-order chi connectivity index (χ0) is 13.2. The minimum atomic E-state index is -0.686. The molecule has 0 unspecified atom stereocenters. The summed E-state index contributed by atoms with van der Waals surface area (Å²) >= 11 is 12.0. The lowest BCUT2D eigenvalue weighted by atomic mass is 9.92. The Kier molecular flexibility index (Phi) is 4.11. The smallest absolute Gasteiger partial charge is 0.224 e. The van der Waals surface area contributed by atoms with Crippen molar-refractivity contribution in [1.29, 1.82) is 0 Å². The van der Waals surface area contributed by atoms with E-state index in [4.69, 9.17) is 34.7 Å². The average molecular weight is 276 g/mol. The Bertz CT molecular complexity index is 423. The highest BCUT2D eigenvalue weighted by Crippen LogP contribution is 2.33. The number of anilines is 2. The van der Waals surface area contributed by atoms with Gasteiger partial charge >= 0.3 is 0 Å². The van der Waals surface area contributed by atoms with Crippen molar-refractivity contribution in [2.75, 3.05) is 17.6 Å². The number of nitrogens with one attached hydrogen (secondary N) is 1. The lowest BCUT2D eigenvalue weighted by Crippen LogP contribution is -2.37. The Morgan fingerprint density at radius 1 is 1.35 bits per heavy atom. The third kappa shape index (κ3) is 3.41. The highest BCUT2D eigenvalue weighted by Gasteiger charge is 2.25. The largest absolute Gasteiger partial charge is 0.399 e. The molecule has 6 heteroatoms. The second-order valence-electron chi connectivity index (χ2n) is 4.46. The van der Waals surface area contributed by atoms with Gasteiger partial charge < -0.3 is 16.8 Å². The van der Waals surface area contributed by atoms with Crippen molar-refractivity contribution in [3.63, 3.8) is 0 Å². The molecule has 0 bridgehead atoms. The van der Waals surface area contributed by atoms with Crippen LogP contribution in [-0.4, -0.2) is 12.5 Å². The predicted octanol–water partition coefficient (Wildman–Crippen LogP) is 2.50. The molecule has 0 aliphatic heterocycles. The highest BCUT2D eigenvalue weighted by atomic mass is 35.5. The van der Waals surface area contributed by atoms with E-state index in [1.165, 1.54) is 0 Å². The van der Waals surface area contributed by atoms with E-state index in [9.17, 15) is 4.79 Å². The van der Waals surface area contributed by atoms with Crippen molar-refractivity contribution in [3.05, 3.63) is 22.2 Å². The van der Waals surface area contributed by atoms with Gasteiger partial charge in [-0.2, -0.15) is 0 Å². The molecule has 1 aromatic carbocycles. The topological polar surface area (TPSA) is 81.1 Å². The van der Waals surface area contributed by atoms with Crippen LogP contribution in [0, 0.1) is 5.41 Å². The fraction of sp³-hybridized carbons (Fsp3) is 0.364. The molecule has 0 aliphatic rings. The van der Waals surface area contributed by atoms with Crippen LogP contribution < -0.4 is 16.8 Å². The summed E-state index contributed by atoms with van der Waals surface area (Å²) in [4.78, 5) is 11.2. The summed E-state index contributed by atoms with van der Waals surface area (Å²) in [5.74, 6) is -0.396. The van der Waals surface area contributed by atoms with Gasteiger partial charge in [-0.05, 0) is 26.0 Å². The zero-order valence-corrected chi connectivity index (χ0v) is 11.2. The van der Waals surface area contributed by atoms with Crippen molar-refractivity contribution >= 4 is 40.5 Å². The average Bonchev–Trinajstić information content (AvgIpc) is 2.15. The summed E-state index contributed by atoms with van der Waals surface area (Å²) in [7, 11) is 0. The van der Waals surface area contributed by atoms with Gasteiger partial charge in [0, 0.05) is 12.2 Å². The number of hydrogen-bond acceptors (Lipinski definition) is 3. The van der Waals surface area contributed by atoms with E-state index in [1.54, 1.807) is 26.0 Å². The van der Waals surface area contributed by atoms with Gasteiger partial charge in [0.1, 0.15) is 0 Å². The normalized spacial score (nSPS) is 11.3. The van der Waals surface area contributed by atoms with Crippen molar-refractivity contribution in [1.82, 2.24) is 0 Å². The molecular formula is C11H15Cl2N3O. The van der Waals surface area contributed by atoms with Crippen LogP contribution in [0.2, 0.25) is 10.0 Å². The van der Waals surface area contributed by atoms with Crippen LogP contribution in [-0.2, 0) is 4.79 Å². The Labute approximate surface area is 110 Å². The standard InChI is InChI=1S/C11H15Cl2N3O/c1-11(2,10(15)17)5-16-9-7(12)3-6(14)4-8(9)13/h3-4,16H,5,14H2,1-2H3,(H2,15,17). The molecule has 1 amide bonds. The molecule has 94 valence electrons. The number of nitrogens with two attached hydrogens (primary N) is 2. The van der Waals surface area contributed by atoms with Crippen LogP contribution in [0.3, 0.4) is 0 Å². The summed E-state index contributed by atoms with van der Waals surface area (Å²) in [5, 5.41) is 3.83. The summed E-state index contributed by atoms with van der Waals surface area (Å²) in [6.07, 6.45) is 0. The molecule has 0 saturated heterocycles. The van der Waals surface area contributed by atoms with Gasteiger partial charge in [0.15, 0.2) is 0 Å². The van der Waals surface area contributed by atoms with E-state index in [2.05, 4.69) is 5.32 Å². The summed E-state index contributed by atoms with van der Waals surface area (Å²) in [6.45, 7) is 3.81. The zero-order valence-electron chi connectivity index (χ0n) is 9.68. The van der Waals surface area contributed by atoms with Crippen molar-refractivity contribution in [2.45, 2.75) is 13.8 Å². The van der Waals surface area contributed by atoms with Gasteiger partial charge in [0.25, 0.3) is 0 Å². The fourth-order valence-corrected chi connectivity index (χ4v) is 1.80. The fourth-order valence-electron chi connectivity index (χ4n) is 1.16. The van der Waals surface area contributed by atoms with E-state index in [0.29, 0.717) is 28.0 Å². The molecule has 1 rings (SSSR count). The molecular weight excluding hydrogens is 261 g/mol. The first-order valence-electron chi connectivity index (χ1n) is 5.02. The number of amides is 1. The number of halogens is 2. The molecule has 0 fully saturated rings. The summed E-state index contributed by atoms with van der Waals surface area (Å²) < 4.78 is 0. The number of rotatable bonds is 4. The van der Waals surface area contributed by atoms with E-state index >= 15 is 0 Å². The number of primary amides is 1. The Balaban J connectivity index is 2.87. The van der Waals surface area contributed by atoms with Crippen molar-refractivity contribution in [2.24, 2.45) is 11.1 Å². The SMILES string of the molecule is CC(C)(CNc1c(Cl)cc(N)cc1Cl)C(N)=O. The molecule has 0 saturated carbocycles. The van der Waals surface area contributed by atoms with Gasteiger partial charge in [0.05, 0.1) is 21.1 Å². The minimum Gasteiger partial charge on any atom is -0.399 e. The van der Waals surface area contributed by atoms with E-state index in [1.807, 2.05) is 0 Å². The van der Waals surface area contributed by atoms with Crippen LogP contribution in [0.4, 0.5) is 11.4 Å². The van der Waals surface area contributed by atoms with Crippen LogP contribution in [0.5, 0.6) is 0 Å². The molecule has 0 aromatic heterocycles. The number of hydrogen-bond donors (Lipinski definition) is 3. The van der Waals surface area contributed by atoms with E-state index < -0.39 is 11.3 Å². The lowest BCUT2D eigenvalue weighted by molar-refractivity contribution is -0.125. The van der Waals surface area contributed by atoms with Gasteiger partial charge in [-0.3, -0.25) is 4.79 Å². The molecule has 0 atom stereocenters.